The summed E-state index contributed by atoms with van der Waals surface area (Å²) in [7, 11) is 0. The number of carbonyl (C=O) groups excluding carboxylic acids is 2. The maximum absolute atomic E-state index is 12.4. The molecule has 0 saturated carbocycles. The Morgan fingerprint density at radius 2 is 1.72 bits per heavy atom. The summed E-state index contributed by atoms with van der Waals surface area (Å²) in [6.45, 7) is 3.06. The minimum Gasteiger partial charge on any atom is -0.339 e. The van der Waals surface area contributed by atoms with Crippen molar-refractivity contribution in [3.8, 4) is 0 Å². The van der Waals surface area contributed by atoms with Gasteiger partial charge in [0.15, 0.2) is 0 Å². The predicted octanol–water partition coefficient (Wildman–Crippen LogP) is 2.80. The number of likely N-dealkylation sites (tertiary alicyclic amines) is 1. The number of hydrogen-bond donors (Lipinski definition) is 2. The fraction of sp³-hybridized carbons (Fsp3) is 0.333. The number of hydrogen-bond acceptors (Lipinski definition) is 5. The van der Waals surface area contributed by atoms with Crippen LogP contribution in [0.4, 0.5) is 17.3 Å². The standard InChI is InChI=1S/C18H21N5O2/c1-13(24)21-15-6-5-7-16(10-15)22-18-19-11-14(12-20-18)17(25)23-8-3-2-4-9-23/h5-7,10-12H,2-4,8-9H2,1H3,(H,21,24)(H,19,20,22). The molecule has 0 bridgehead atoms. The van der Waals surface area contributed by atoms with Gasteiger partial charge >= 0.3 is 0 Å². The molecule has 1 aliphatic rings. The van der Waals surface area contributed by atoms with Crippen molar-refractivity contribution < 1.29 is 9.59 Å². The second-order valence-corrected chi connectivity index (χ2v) is 6.04. The van der Waals surface area contributed by atoms with Gasteiger partial charge in [-0.15, -0.1) is 0 Å². The highest BCUT2D eigenvalue weighted by Gasteiger charge is 2.18. The normalized spacial score (nSPS) is 14.0. The summed E-state index contributed by atoms with van der Waals surface area (Å²) >= 11 is 0. The lowest BCUT2D eigenvalue weighted by molar-refractivity contribution is -0.114. The van der Waals surface area contributed by atoms with E-state index in [2.05, 4.69) is 20.6 Å². The SMILES string of the molecule is CC(=O)Nc1cccc(Nc2ncc(C(=O)N3CCCCC3)cn2)c1. The largest absolute Gasteiger partial charge is 0.339 e. The molecule has 1 aromatic heterocycles. The van der Waals surface area contributed by atoms with Crippen LogP contribution in [0.1, 0.15) is 36.5 Å². The lowest BCUT2D eigenvalue weighted by Gasteiger charge is -2.26. The average molecular weight is 339 g/mol. The van der Waals surface area contributed by atoms with Crippen molar-refractivity contribution in [3.05, 3.63) is 42.2 Å². The van der Waals surface area contributed by atoms with E-state index in [1.807, 2.05) is 17.0 Å². The van der Waals surface area contributed by atoms with Crippen LogP contribution in [0.2, 0.25) is 0 Å². The van der Waals surface area contributed by atoms with Gasteiger partial charge in [0.2, 0.25) is 11.9 Å². The summed E-state index contributed by atoms with van der Waals surface area (Å²) in [5, 5.41) is 5.79. The number of benzene rings is 1. The first-order chi connectivity index (χ1) is 12.1. The van der Waals surface area contributed by atoms with Crippen LogP contribution >= 0.6 is 0 Å². The summed E-state index contributed by atoms with van der Waals surface area (Å²) in [6.07, 6.45) is 6.38. The molecule has 0 radical (unpaired) electrons. The van der Waals surface area contributed by atoms with Gasteiger partial charge in [0.05, 0.1) is 5.56 Å². The molecule has 7 heteroatoms. The van der Waals surface area contributed by atoms with Gasteiger partial charge in [0.1, 0.15) is 0 Å². The average Bonchev–Trinajstić information content (AvgIpc) is 2.62. The van der Waals surface area contributed by atoms with Crippen LogP contribution in [-0.4, -0.2) is 39.8 Å². The van der Waals surface area contributed by atoms with Crippen LogP contribution in [0.5, 0.6) is 0 Å². The second kappa shape index (κ2) is 7.74. The lowest BCUT2D eigenvalue weighted by atomic mass is 10.1. The molecule has 7 nitrogen and oxygen atoms in total. The molecular formula is C18H21N5O2. The molecule has 1 aliphatic heterocycles. The molecule has 2 heterocycles. The molecule has 25 heavy (non-hydrogen) atoms. The Balaban J connectivity index is 1.66. The number of aromatic nitrogens is 2. The van der Waals surface area contributed by atoms with Crippen LogP contribution in [0.25, 0.3) is 0 Å². The van der Waals surface area contributed by atoms with Crippen LogP contribution in [0, 0.1) is 0 Å². The third-order valence-electron chi connectivity index (χ3n) is 3.98. The zero-order valence-electron chi connectivity index (χ0n) is 14.2. The van der Waals surface area contributed by atoms with Gasteiger partial charge < -0.3 is 15.5 Å². The Labute approximate surface area is 146 Å². The van der Waals surface area contributed by atoms with E-state index in [-0.39, 0.29) is 11.8 Å². The number of carbonyl (C=O) groups is 2. The molecule has 0 unspecified atom stereocenters. The molecule has 1 aromatic carbocycles. The fourth-order valence-electron chi connectivity index (χ4n) is 2.79. The van der Waals surface area contributed by atoms with Gasteiger partial charge in [-0.1, -0.05) is 6.07 Å². The second-order valence-electron chi connectivity index (χ2n) is 6.04. The summed E-state index contributed by atoms with van der Waals surface area (Å²) in [5.74, 6) is 0.253. The van der Waals surface area contributed by atoms with Crippen LogP contribution in [0.15, 0.2) is 36.7 Å². The van der Waals surface area contributed by atoms with Crippen LogP contribution < -0.4 is 10.6 Å². The lowest BCUT2D eigenvalue weighted by Crippen LogP contribution is -2.35. The predicted molar refractivity (Wildman–Crippen MR) is 95.8 cm³/mol. The molecule has 130 valence electrons. The highest BCUT2D eigenvalue weighted by Crippen LogP contribution is 2.18. The number of amides is 2. The Kier molecular flexibility index (Phi) is 5.23. The number of piperidine rings is 1. The van der Waals surface area contributed by atoms with Gasteiger partial charge in [-0.25, -0.2) is 9.97 Å². The first-order valence-electron chi connectivity index (χ1n) is 8.38. The van der Waals surface area contributed by atoms with Gasteiger partial charge in [0, 0.05) is 43.8 Å². The van der Waals surface area contributed by atoms with E-state index in [1.165, 1.54) is 13.3 Å². The Morgan fingerprint density at radius 1 is 1.04 bits per heavy atom. The first kappa shape index (κ1) is 16.9. The molecule has 1 saturated heterocycles. The van der Waals surface area contributed by atoms with E-state index in [1.54, 1.807) is 24.5 Å². The topological polar surface area (TPSA) is 87.2 Å². The minimum atomic E-state index is -0.131. The smallest absolute Gasteiger partial charge is 0.256 e. The summed E-state index contributed by atoms with van der Waals surface area (Å²) in [6, 6.07) is 7.26. The quantitative estimate of drug-likeness (QED) is 0.894. The van der Waals surface area contributed by atoms with Gasteiger partial charge in [-0.2, -0.15) is 0 Å². The molecule has 0 atom stereocenters. The minimum absolute atomic E-state index is 0.0149. The van der Waals surface area contributed by atoms with Crippen molar-refractivity contribution in [2.24, 2.45) is 0 Å². The Bertz CT molecular complexity index is 754. The van der Waals surface area contributed by atoms with E-state index in [0.717, 1.165) is 31.6 Å². The van der Waals surface area contributed by atoms with Gasteiger partial charge in [-0.05, 0) is 37.5 Å². The van der Waals surface area contributed by atoms with E-state index in [4.69, 9.17) is 0 Å². The summed E-state index contributed by atoms with van der Waals surface area (Å²) in [4.78, 5) is 33.8. The third kappa shape index (κ3) is 4.53. The zero-order valence-corrected chi connectivity index (χ0v) is 14.2. The highest BCUT2D eigenvalue weighted by atomic mass is 16.2. The maximum atomic E-state index is 12.4. The fourth-order valence-corrected chi connectivity index (χ4v) is 2.79. The van der Waals surface area contributed by atoms with Crippen molar-refractivity contribution in [1.82, 2.24) is 14.9 Å². The Morgan fingerprint density at radius 3 is 2.40 bits per heavy atom. The van der Waals surface area contributed by atoms with Crippen molar-refractivity contribution in [1.29, 1.82) is 0 Å². The Hall–Kier alpha value is -2.96. The molecule has 2 amide bonds. The maximum Gasteiger partial charge on any atom is 0.256 e. The van der Waals surface area contributed by atoms with Gasteiger partial charge in [0.25, 0.3) is 5.91 Å². The number of nitrogens with zero attached hydrogens (tertiary/aromatic N) is 3. The number of rotatable bonds is 4. The van der Waals surface area contributed by atoms with E-state index >= 15 is 0 Å². The molecule has 0 aliphatic carbocycles. The van der Waals surface area contributed by atoms with Crippen LogP contribution in [-0.2, 0) is 4.79 Å². The van der Waals surface area contributed by atoms with E-state index in [9.17, 15) is 9.59 Å². The summed E-state index contributed by atoms with van der Waals surface area (Å²) in [5.41, 5.74) is 1.94. The van der Waals surface area contributed by atoms with Crippen molar-refractivity contribution in [2.45, 2.75) is 26.2 Å². The molecule has 2 N–H and O–H groups in total. The van der Waals surface area contributed by atoms with Crippen molar-refractivity contribution in [2.75, 3.05) is 23.7 Å². The van der Waals surface area contributed by atoms with Crippen molar-refractivity contribution in [3.63, 3.8) is 0 Å². The summed E-state index contributed by atoms with van der Waals surface area (Å²) < 4.78 is 0. The van der Waals surface area contributed by atoms with E-state index < -0.39 is 0 Å². The van der Waals surface area contributed by atoms with Crippen molar-refractivity contribution >= 4 is 29.1 Å². The van der Waals surface area contributed by atoms with Crippen LogP contribution in [0.3, 0.4) is 0 Å². The highest BCUT2D eigenvalue weighted by molar-refractivity contribution is 5.93. The first-order valence-corrected chi connectivity index (χ1v) is 8.38. The number of anilines is 3. The molecule has 2 aromatic rings. The zero-order chi connectivity index (χ0) is 17.6. The molecule has 1 fully saturated rings. The van der Waals surface area contributed by atoms with E-state index in [0.29, 0.717) is 17.2 Å². The molecule has 0 spiro atoms. The monoisotopic (exact) mass is 339 g/mol. The molecular weight excluding hydrogens is 318 g/mol. The third-order valence-corrected chi connectivity index (χ3v) is 3.98. The van der Waals surface area contributed by atoms with Gasteiger partial charge in [-0.3, -0.25) is 9.59 Å². The number of nitrogens with one attached hydrogen (secondary N) is 2. The molecule has 3 rings (SSSR count).